The van der Waals surface area contributed by atoms with Crippen LogP contribution in [-0.2, 0) is 17.9 Å². The van der Waals surface area contributed by atoms with Crippen molar-refractivity contribution < 1.29 is 13.6 Å². The molecule has 7 nitrogen and oxygen atoms in total. The number of aryl methyl sites for hydroxylation is 1. The molecule has 0 saturated carbocycles. The summed E-state index contributed by atoms with van der Waals surface area (Å²) in [5.41, 5.74) is 1.06. The minimum absolute atomic E-state index is 0.0390. The maximum Gasteiger partial charge on any atom is 0.247 e. The van der Waals surface area contributed by atoms with Gasteiger partial charge in [0.15, 0.2) is 17.5 Å². The number of anilines is 1. The van der Waals surface area contributed by atoms with Crippen LogP contribution in [0.4, 0.5) is 14.6 Å². The van der Waals surface area contributed by atoms with E-state index in [1.807, 2.05) is 6.92 Å². The normalized spacial score (nSPS) is 10.8. The second-order valence-corrected chi connectivity index (χ2v) is 5.02. The molecule has 9 heteroatoms. The maximum absolute atomic E-state index is 13.3. The summed E-state index contributed by atoms with van der Waals surface area (Å²) in [5, 5.41) is 14.7. The topological polar surface area (TPSA) is 77.6 Å². The van der Waals surface area contributed by atoms with Gasteiger partial charge in [0.25, 0.3) is 0 Å². The van der Waals surface area contributed by atoms with E-state index in [2.05, 4.69) is 20.6 Å². The summed E-state index contributed by atoms with van der Waals surface area (Å²) < 4.78 is 27.6. The highest BCUT2D eigenvalue weighted by atomic mass is 19.2. The lowest BCUT2D eigenvalue weighted by Gasteiger charge is -2.02. The predicted octanol–water partition coefficient (Wildman–Crippen LogP) is 2.08. The Hall–Kier alpha value is -3.10. The lowest BCUT2D eigenvalue weighted by molar-refractivity contribution is -0.116. The van der Waals surface area contributed by atoms with E-state index in [0.29, 0.717) is 23.5 Å². The van der Waals surface area contributed by atoms with Crippen LogP contribution in [0, 0.1) is 11.6 Å². The summed E-state index contributed by atoms with van der Waals surface area (Å²) in [5.74, 6) is -1.81. The third kappa shape index (κ3) is 3.45. The van der Waals surface area contributed by atoms with Crippen molar-refractivity contribution in [3.8, 4) is 11.1 Å². The van der Waals surface area contributed by atoms with Crippen LogP contribution in [0.2, 0.25) is 0 Å². The van der Waals surface area contributed by atoms with Crippen molar-refractivity contribution in [2.45, 2.75) is 20.0 Å². The molecule has 0 aliphatic carbocycles. The maximum atomic E-state index is 13.3. The highest BCUT2D eigenvalue weighted by Gasteiger charge is 2.10. The fraction of sp³-hybridized carbons (Fsp3) is 0.200. The molecule has 1 aromatic carbocycles. The molecule has 3 rings (SSSR count). The first-order chi connectivity index (χ1) is 11.5. The van der Waals surface area contributed by atoms with Crippen molar-refractivity contribution in [2.24, 2.45) is 0 Å². The molecule has 124 valence electrons. The van der Waals surface area contributed by atoms with Gasteiger partial charge in [0, 0.05) is 11.8 Å². The molecule has 1 N–H and O–H groups in total. The first-order valence-corrected chi connectivity index (χ1v) is 7.23. The van der Waals surface area contributed by atoms with Crippen molar-refractivity contribution in [2.75, 3.05) is 5.32 Å². The van der Waals surface area contributed by atoms with Gasteiger partial charge in [-0.1, -0.05) is 6.07 Å². The quantitative estimate of drug-likeness (QED) is 0.776. The van der Waals surface area contributed by atoms with Crippen LogP contribution in [0.3, 0.4) is 0 Å². The summed E-state index contributed by atoms with van der Waals surface area (Å²) in [7, 11) is 0. The van der Waals surface area contributed by atoms with E-state index in [1.165, 1.54) is 27.9 Å². The van der Waals surface area contributed by atoms with E-state index in [9.17, 15) is 13.6 Å². The third-order valence-electron chi connectivity index (χ3n) is 3.28. The number of carbonyl (C=O) groups is 1. The van der Waals surface area contributed by atoms with Crippen LogP contribution in [0.5, 0.6) is 0 Å². The summed E-state index contributed by atoms with van der Waals surface area (Å²) in [6, 6.07) is 3.58. The number of hydrogen-bond acceptors (Lipinski definition) is 4. The minimum atomic E-state index is -0.933. The molecule has 0 fully saturated rings. The Bertz CT molecular complexity index is 872. The van der Waals surface area contributed by atoms with Crippen molar-refractivity contribution in [1.82, 2.24) is 24.8 Å². The molecule has 0 bridgehead atoms. The van der Waals surface area contributed by atoms with E-state index in [-0.39, 0.29) is 12.5 Å². The smallest absolute Gasteiger partial charge is 0.247 e. The first kappa shape index (κ1) is 15.8. The van der Waals surface area contributed by atoms with Gasteiger partial charge in [-0.15, -0.1) is 5.10 Å². The zero-order chi connectivity index (χ0) is 17.1. The van der Waals surface area contributed by atoms with Crippen LogP contribution in [0.15, 0.2) is 36.8 Å². The predicted molar refractivity (Wildman–Crippen MR) is 81.9 cm³/mol. The second-order valence-electron chi connectivity index (χ2n) is 5.02. The molecule has 0 aliphatic heterocycles. The Kier molecular flexibility index (Phi) is 4.32. The molecular weight excluding hydrogens is 318 g/mol. The molecular formula is C15H14F2N6O. The molecule has 3 aromatic rings. The molecule has 0 atom stereocenters. The number of nitrogens with one attached hydrogen (secondary N) is 1. The summed E-state index contributed by atoms with van der Waals surface area (Å²) in [6.07, 6.45) is 4.51. The Morgan fingerprint density at radius 2 is 2.00 bits per heavy atom. The van der Waals surface area contributed by atoms with Gasteiger partial charge in [-0.3, -0.25) is 9.48 Å². The Morgan fingerprint density at radius 1 is 1.17 bits per heavy atom. The van der Waals surface area contributed by atoms with Gasteiger partial charge in [0.1, 0.15) is 6.54 Å². The number of hydrogen-bond donors (Lipinski definition) is 1. The van der Waals surface area contributed by atoms with Gasteiger partial charge in [0.05, 0.1) is 18.9 Å². The summed E-state index contributed by atoms with van der Waals surface area (Å²) >= 11 is 0. The standard InChI is InChI=1S/C15H14F2N6O/c1-2-23-19-7-14(21-23)20-15(24)9-22-8-11(6-18-22)10-3-4-12(16)13(17)5-10/h3-8H,2,9H2,1H3,(H,20,21,24). The molecule has 0 unspecified atom stereocenters. The molecule has 24 heavy (non-hydrogen) atoms. The van der Waals surface area contributed by atoms with E-state index < -0.39 is 11.6 Å². The molecule has 0 spiro atoms. The lowest BCUT2D eigenvalue weighted by Crippen LogP contribution is -2.19. The second kappa shape index (κ2) is 6.57. The number of amides is 1. The Morgan fingerprint density at radius 3 is 2.71 bits per heavy atom. The Balaban J connectivity index is 1.66. The average molecular weight is 332 g/mol. The van der Waals surface area contributed by atoms with E-state index >= 15 is 0 Å². The number of nitrogens with zero attached hydrogens (tertiary/aromatic N) is 5. The monoisotopic (exact) mass is 332 g/mol. The van der Waals surface area contributed by atoms with Crippen molar-refractivity contribution >= 4 is 11.7 Å². The lowest BCUT2D eigenvalue weighted by atomic mass is 10.1. The SMILES string of the molecule is CCn1ncc(NC(=O)Cn2cc(-c3ccc(F)c(F)c3)cn2)n1. The van der Waals surface area contributed by atoms with Crippen LogP contribution in [0.25, 0.3) is 11.1 Å². The summed E-state index contributed by atoms with van der Waals surface area (Å²) in [6.45, 7) is 2.45. The average Bonchev–Trinajstić information content (AvgIpc) is 3.19. The molecule has 0 aliphatic rings. The zero-order valence-corrected chi connectivity index (χ0v) is 12.8. The van der Waals surface area contributed by atoms with E-state index in [0.717, 1.165) is 12.1 Å². The van der Waals surface area contributed by atoms with Crippen LogP contribution < -0.4 is 5.32 Å². The van der Waals surface area contributed by atoms with Crippen LogP contribution >= 0.6 is 0 Å². The van der Waals surface area contributed by atoms with Gasteiger partial charge < -0.3 is 5.32 Å². The van der Waals surface area contributed by atoms with Crippen molar-refractivity contribution in [1.29, 1.82) is 0 Å². The van der Waals surface area contributed by atoms with Gasteiger partial charge in [0.2, 0.25) is 5.91 Å². The number of carbonyl (C=O) groups excluding carboxylic acids is 1. The summed E-state index contributed by atoms with van der Waals surface area (Å²) in [4.78, 5) is 13.4. The number of aromatic nitrogens is 5. The fourth-order valence-electron chi connectivity index (χ4n) is 2.11. The minimum Gasteiger partial charge on any atom is -0.306 e. The number of benzene rings is 1. The van der Waals surface area contributed by atoms with Crippen molar-refractivity contribution in [3.63, 3.8) is 0 Å². The molecule has 0 saturated heterocycles. The Labute approximate surface area is 135 Å². The highest BCUT2D eigenvalue weighted by Crippen LogP contribution is 2.20. The third-order valence-corrected chi connectivity index (χ3v) is 3.28. The zero-order valence-electron chi connectivity index (χ0n) is 12.8. The highest BCUT2D eigenvalue weighted by molar-refractivity contribution is 5.89. The fourth-order valence-corrected chi connectivity index (χ4v) is 2.11. The molecule has 2 aromatic heterocycles. The number of rotatable bonds is 5. The largest absolute Gasteiger partial charge is 0.306 e. The van der Waals surface area contributed by atoms with Gasteiger partial charge in [-0.25, -0.2) is 8.78 Å². The van der Waals surface area contributed by atoms with Crippen LogP contribution in [0.1, 0.15) is 6.92 Å². The van der Waals surface area contributed by atoms with Gasteiger partial charge in [-0.2, -0.15) is 15.0 Å². The van der Waals surface area contributed by atoms with Crippen LogP contribution in [-0.4, -0.2) is 30.7 Å². The van der Waals surface area contributed by atoms with E-state index in [1.54, 1.807) is 6.20 Å². The number of halogens is 2. The molecule has 0 radical (unpaired) electrons. The van der Waals surface area contributed by atoms with Gasteiger partial charge in [-0.05, 0) is 24.6 Å². The van der Waals surface area contributed by atoms with Crippen molar-refractivity contribution in [3.05, 3.63) is 48.4 Å². The molecule has 1 amide bonds. The van der Waals surface area contributed by atoms with E-state index in [4.69, 9.17) is 0 Å². The first-order valence-electron chi connectivity index (χ1n) is 7.23. The molecule has 2 heterocycles. The van der Waals surface area contributed by atoms with Gasteiger partial charge >= 0.3 is 0 Å².